The van der Waals surface area contributed by atoms with Crippen molar-refractivity contribution in [3.63, 3.8) is 0 Å². The van der Waals surface area contributed by atoms with Gasteiger partial charge in [-0.25, -0.2) is 4.99 Å². The summed E-state index contributed by atoms with van der Waals surface area (Å²) >= 11 is 0. The molecule has 2 aromatic rings. The van der Waals surface area contributed by atoms with Crippen molar-refractivity contribution in [1.82, 2.24) is 10.6 Å². The molecule has 0 spiro atoms. The van der Waals surface area contributed by atoms with Crippen molar-refractivity contribution < 1.29 is 14.2 Å². The zero-order chi connectivity index (χ0) is 19.6. The first-order chi connectivity index (χ1) is 13.1. The summed E-state index contributed by atoms with van der Waals surface area (Å²) in [5.41, 5.74) is 3.31. The Morgan fingerprint density at radius 1 is 0.929 bits per heavy atom. The van der Waals surface area contributed by atoms with Gasteiger partial charge in [-0.2, -0.15) is 0 Å². The van der Waals surface area contributed by atoms with Crippen molar-refractivity contribution >= 4 is 29.9 Å². The molecular weight excluding hydrogens is 469 g/mol. The minimum absolute atomic E-state index is 0. The van der Waals surface area contributed by atoms with Gasteiger partial charge in [0.15, 0.2) is 5.96 Å². The molecule has 0 aromatic heterocycles. The molecule has 0 saturated carbocycles. The van der Waals surface area contributed by atoms with Crippen molar-refractivity contribution in [2.45, 2.75) is 26.9 Å². The molecule has 0 aliphatic heterocycles. The van der Waals surface area contributed by atoms with Crippen LogP contribution >= 0.6 is 24.0 Å². The van der Waals surface area contributed by atoms with Gasteiger partial charge >= 0.3 is 0 Å². The molecule has 2 rings (SSSR count). The average molecular weight is 499 g/mol. The Morgan fingerprint density at radius 3 is 2.04 bits per heavy atom. The second kappa shape index (κ2) is 12.3. The summed E-state index contributed by atoms with van der Waals surface area (Å²) in [5.74, 6) is 2.83. The van der Waals surface area contributed by atoms with Crippen LogP contribution in [0.3, 0.4) is 0 Å². The zero-order valence-electron chi connectivity index (χ0n) is 17.2. The van der Waals surface area contributed by atoms with Crippen LogP contribution in [0.15, 0.2) is 41.4 Å². The lowest BCUT2D eigenvalue weighted by Gasteiger charge is -2.17. The number of hydrogen-bond acceptors (Lipinski definition) is 4. The van der Waals surface area contributed by atoms with E-state index in [0.717, 1.165) is 23.6 Å². The van der Waals surface area contributed by atoms with E-state index in [1.807, 2.05) is 19.1 Å². The molecule has 0 bridgehead atoms. The third-order valence-corrected chi connectivity index (χ3v) is 4.13. The molecule has 0 aliphatic carbocycles. The third-order valence-electron chi connectivity index (χ3n) is 4.13. The van der Waals surface area contributed by atoms with Crippen molar-refractivity contribution in [3.8, 4) is 17.2 Å². The van der Waals surface area contributed by atoms with Gasteiger partial charge < -0.3 is 24.8 Å². The Bertz CT molecular complexity index is 739. The van der Waals surface area contributed by atoms with E-state index in [1.165, 1.54) is 5.56 Å². The summed E-state index contributed by atoms with van der Waals surface area (Å²) in [6, 6.07) is 12.1. The van der Waals surface area contributed by atoms with E-state index in [-0.39, 0.29) is 24.0 Å². The number of nitrogens with zero attached hydrogens (tertiary/aromatic N) is 1. The predicted octanol–water partition coefficient (Wildman–Crippen LogP) is 3.89. The highest BCUT2D eigenvalue weighted by Gasteiger charge is 2.13. The number of rotatable bonds is 8. The Kier molecular flexibility index (Phi) is 10.5. The van der Waals surface area contributed by atoms with Crippen LogP contribution in [0.1, 0.15) is 23.6 Å². The number of methoxy groups -OCH3 is 3. The quantitative estimate of drug-likeness (QED) is 0.328. The van der Waals surface area contributed by atoms with Crippen LogP contribution in [0.2, 0.25) is 0 Å². The van der Waals surface area contributed by atoms with Crippen LogP contribution in [-0.4, -0.2) is 33.8 Å². The van der Waals surface area contributed by atoms with Gasteiger partial charge in [0.25, 0.3) is 0 Å². The Morgan fingerprint density at radius 2 is 1.54 bits per heavy atom. The van der Waals surface area contributed by atoms with Gasteiger partial charge in [0.1, 0.15) is 17.2 Å². The fraction of sp³-hybridized carbons (Fsp3) is 0.381. The number of ether oxygens (including phenoxy) is 3. The SMILES string of the molecule is CCNC(=NCc1ccc(C)cc1)NCc1c(OC)cc(OC)cc1OC.I. The number of aryl methyl sites for hydroxylation is 1. The summed E-state index contributed by atoms with van der Waals surface area (Å²) in [4.78, 5) is 4.66. The monoisotopic (exact) mass is 499 g/mol. The second-order valence-electron chi connectivity index (χ2n) is 6.04. The Hall–Kier alpha value is -2.16. The van der Waals surface area contributed by atoms with Gasteiger partial charge in [-0.15, -0.1) is 24.0 Å². The van der Waals surface area contributed by atoms with E-state index in [4.69, 9.17) is 14.2 Å². The maximum Gasteiger partial charge on any atom is 0.191 e. The van der Waals surface area contributed by atoms with Gasteiger partial charge in [-0.05, 0) is 19.4 Å². The zero-order valence-corrected chi connectivity index (χ0v) is 19.5. The number of benzene rings is 2. The fourth-order valence-corrected chi connectivity index (χ4v) is 2.63. The number of guanidine groups is 1. The maximum absolute atomic E-state index is 5.50. The van der Waals surface area contributed by atoms with Gasteiger partial charge in [-0.3, -0.25) is 0 Å². The number of nitrogens with one attached hydrogen (secondary N) is 2. The highest BCUT2D eigenvalue weighted by molar-refractivity contribution is 14.0. The van der Waals surface area contributed by atoms with Crippen LogP contribution in [0.4, 0.5) is 0 Å². The molecule has 0 saturated heterocycles. The lowest BCUT2D eigenvalue weighted by molar-refractivity contribution is 0.368. The molecular formula is C21H30IN3O3. The van der Waals surface area contributed by atoms with E-state index in [1.54, 1.807) is 21.3 Å². The topological polar surface area (TPSA) is 64.1 Å². The van der Waals surface area contributed by atoms with E-state index >= 15 is 0 Å². The second-order valence-corrected chi connectivity index (χ2v) is 6.04. The molecule has 2 aromatic carbocycles. The van der Waals surface area contributed by atoms with Crippen LogP contribution < -0.4 is 24.8 Å². The molecule has 7 heteroatoms. The molecule has 0 fully saturated rings. The van der Waals surface area contributed by atoms with Crippen LogP contribution in [-0.2, 0) is 13.1 Å². The summed E-state index contributed by atoms with van der Waals surface area (Å²) in [6.45, 7) is 6.01. The van der Waals surface area contributed by atoms with Crippen LogP contribution in [0, 0.1) is 6.92 Å². The van der Waals surface area contributed by atoms with E-state index in [2.05, 4.69) is 46.8 Å². The molecule has 0 radical (unpaired) electrons. The molecule has 2 N–H and O–H groups in total. The average Bonchev–Trinajstić information content (AvgIpc) is 2.70. The molecule has 0 amide bonds. The molecule has 0 unspecified atom stereocenters. The number of hydrogen-bond donors (Lipinski definition) is 2. The molecule has 6 nitrogen and oxygen atoms in total. The summed E-state index contributed by atoms with van der Waals surface area (Å²) in [7, 11) is 4.88. The number of halogens is 1. The van der Waals surface area contributed by atoms with E-state index in [9.17, 15) is 0 Å². The molecule has 0 heterocycles. The van der Waals surface area contributed by atoms with Gasteiger partial charge in [0.2, 0.25) is 0 Å². The minimum atomic E-state index is 0. The van der Waals surface area contributed by atoms with E-state index < -0.39 is 0 Å². The first-order valence-electron chi connectivity index (χ1n) is 8.97. The van der Waals surface area contributed by atoms with Crippen molar-refractivity contribution in [3.05, 3.63) is 53.1 Å². The highest BCUT2D eigenvalue weighted by Crippen LogP contribution is 2.33. The summed E-state index contributed by atoms with van der Waals surface area (Å²) < 4.78 is 16.3. The first-order valence-corrected chi connectivity index (χ1v) is 8.97. The first kappa shape index (κ1) is 23.9. The largest absolute Gasteiger partial charge is 0.496 e. The van der Waals surface area contributed by atoms with Crippen molar-refractivity contribution in [2.24, 2.45) is 4.99 Å². The van der Waals surface area contributed by atoms with Gasteiger partial charge in [-0.1, -0.05) is 29.8 Å². The highest BCUT2D eigenvalue weighted by atomic mass is 127. The lowest BCUT2D eigenvalue weighted by Crippen LogP contribution is -2.37. The van der Waals surface area contributed by atoms with Crippen molar-refractivity contribution in [1.29, 1.82) is 0 Å². The smallest absolute Gasteiger partial charge is 0.191 e. The third kappa shape index (κ3) is 6.78. The van der Waals surface area contributed by atoms with Gasteiger partial charge in [0.05, 0.1) is 40.0 Å². The molecule has 28 heavy (non-hydrogen) atoms. The molecule has 0 aliphatic rings. The lowest BCUT2D eigenvalue weighted by atomic mass is 10.1. The number of aliphatic imine (C=N–C) groups is 1. The molecule has 154 valence electrons. The summed E-state index contributed by atoms with van der Waals surface area (Å²) in [6.07, 6.45) is 0. The minimum Gasteiger partial charge on any atom is -0.496 e. The Labute approximate surface area is 184 Å². The standard InChI is InChI=1S/C21H29N3O3.HI/c1-6-22-21(23-13-16-9-7-15(2)8-10-16)24-14-18-19(26-4)11-17(25-3)12-20(18)27-5;/h7-12H,6,13-14H2,1-5H3,(H2,22,23,24);1H. The van der Waals surface area contributed by atoms with Crippen LogP contribution in [0.25, 0.3) is 0 Å². The maximum atomic E-state index is 5.50. The summed E-state index contributed by atoms with van der Waals surface area (Å²) in [5, 5.41) is 6.61. The van der Waals surface area contributed by atoms with Crippen LogP contribution in [0.5, 0.6) is 17.2 Å². The van der Waals surface area contributed by atoms with E-state index in [0.29, 0.717) is 30.3 Å². The van der Waals surface area contributed by atoms with Gasteiger partial charge in [0, 0.05) is 18.7 Å². The molecule has 0 atom stereocenters. The normalized spacial score (nSPS) is 10.7. The fourth-order valence-electron chi connectivity index (χ4n) is 2.63. The predicted molar refractivity (Wildman–Crippen MR) is 124 cm³/mol. The van der Waals surface area contributed by atoms with Crippen molar-refractivity contribution in [2.75, 3.05) is 27.9 Å². The Balaban J connectivity index is 0.00000392.